The van der Waals surface area contributed by atoms with Crippen LogP contribution in [-0.2, 0) is 0 Å². The van der Waals surface area contributed by atoms with Crippen molar-refractivity contribution in [3.05, 3.63) is 34.9 Å². The molecule has 0 amide bonds. The van der Waals surface area contributed by atoms with Crippen molar-refractivity contribution in [2.24, 2.45) is 17.6 Å². The van der Waals surface area contributed by atoms with Gasteiger partial charge in [-0.3, -0.25) is 4.79 Å². The van der Waals surface area contributed by atoms with Gasteiger partial charge in [-0.1, -0.05) is 24.4 Å². The molecular formula is C18H27BClNO3. The summed E-state index contributed by atoms with van der Waals surface area (Å²) in [6, 6.07) is 7.28. The highest BCUT2D eigenvalue weighted by Gasteiger charge is 2.29. The van der Waals surface area contributed by atoms with Crippen molar-refractivity contribution in [3.63, 3.8) is 0 Å². The van der Waals surface area contributed by atoms with Crippen LogP contribution in [0.3, 0.4) is 0 Å². The van der Waals surface area contributed by atoms with E-state index in [0.717, 1.165) is 50.5 Å². The molecule has 1 fully saturated rings. The highest BCUT2D eigenvalue weighted by Crippen LogP contribution is 2.33. The molecule has 1 unspecified atom stereocenters. The van der Waals surface area contributed by atoms with Crippen molar-refractivity contribution in [3.8, 4) is 0 Å². The Morgan fingerprint density at radius 2 is 1.79 bits per heavy atom. The molecule has 1 aliphatic rings. The van der Waals surface area contributed by atoms with Crippen molar-refractivity contribution in [2.45, 2.75) is 57.3 Å². The lowest BCUT2D eigenvalue weighted by Gasteiger charge is -2.31. The van der Waals surface area contributed by atoms with Crippen molar-refractivity contribution >= 4 is 24.5 Å². The molecule has 1 aliphatic carbocycles. The molecule has 2 rings (SSSR count). The molecule has 0 aliphatic heterocycles. The van der Waals surface area contributed by atoms with E-state index in [2.05, 4.69) is 0 Å². The zero-order chi connectivity index (χ0) is 17.5. The summed E-state index contributed by atoms with van der Waals surface area (Å²) in [4.78, 5) is 12.5. The van der Waals surface area contributed by atoms with Crippen LogP contribution in [0, 0.1) is 11.8 Å². The zero-order valence-corrected chi connectivity index (χ0v) is 14.8. The van der Waals surface area contributed by atoms with Crippen LogP contribution in [0.5, 0.6) is 0 Å². The highest BCUT2D eigenvalue weighted by molar-refractivity contribution is 6.40. The Kier molecular flexibility index (Phi) is 7.75. The van der Waals surface area contributed by atoms with E-state index in [0.29, 0.717) is 17.3 Å². The van der Waals surface area contributed by atoms with Crippen LogP contribution in [0.15, 0.2) is 24.3 Å². The topological polar surface area (TPSA) is 83.6 Å². The molecule has 1 aromatic carbocycles. The van der Waals surface area contributed by atoms with Crippen LogP contribution in [0.1, 0.15) is 55.3 Å². The van der Waals surface area contributed by atoms with E-state index < -0.39 is 7.12 Å². The maximum atomic E-state index is 12.5. The van der Waals surface area contributed by atoms with Crippen LogP contribution >= 0.6 is 11.6 Å². The summed E-state index contributed by atoms with van der Waals surface area (Å²) in [7, 11) is -1.21. The first-order valence-corrected chi connectivity index (χ1v) is 9.26. The molecule has 1 aromatic rings. The summed E-state index contributed by atoms with van der Waals surface area (Å²) in [5, 5.41) is 18.3. The lowest BCUT2D eigenvalue weighted by atomic mass is 9.75. The number of nitrogens with two attached hydrogens (primary N) is 1. The van der Waals surface area contributed by atoms with Crippen molar-refractivity contribution in [1.82, 2.24) is 0 Å². The third-order valence-corrected chi connectivity index (χ3v) is 5.38. The van der Waals surface area contributed by atoms with Crippen LogP contribution in [0.4, 0.5) is 0 Å². The number of hydrogen-bond donors (Lipinski definition) is 3. The predicted octanol–water partition coefficient (Wildman–Crippen LogP) is 3.30. The lowest BCUT2D eigenvalue weighted by molar-refractivity contribution is 0.0864. The normalized spacial score (nSPS) is 22.2. The van der Waals surface area contributed by atoms with Crippen LogP contribution in [0.25, 0.3) is 0 Å². The summed E-state index contributed by atoms with van der Waals surface area (Å²) in [5.41, 5.74) is 7.04. The second-order valence-corrected chi connectivity index (χ2v) is 7.35. The summed E-state index contributed by atoms with van der Waals surface area (Å²) in [6.07, 6.45) is 6.81. The minimum atomic E-state index is -1.21. The Balaban J connectivity index is 1.74. The van der Waals surface area contributed by atoms with Gasteiger partial charge >= 0.3 is 7.12 Å². The first-order chi connectivity index (χ1) is 11.5. The van der Waals surface area contributed by atoms with E-state index in [-0.39, 0.29) is 17.7 Å². The number of halogens is 1. The standard InChI is InChI=1S/C18H27BClNO3/c20-16-10-8-15(9-11-16)18(22)14-6-4-13(5-7-14)17(21)3-1-2-12-19(23)24/h8-11,13-14,17,23-24H,1-7,12,21H2. The molecule has 0 aromatic heterocycles. The number of rotatable bonds is 8. The summed E-state index contributed by atoms with van der Waals surface area (Å²) in [5.74, 6) is 0.785. The van der Waals surface area contributed by atoms with Gasteiger partial charge in [-0.2, -0.15) is 0 Å². The Labute approximate surface area is 149 Å². The van der Waals surface area contributed by atoms with Crippen LogP contribution in [0.2, 0.25) is 11.3 Å². The predicted molar refractivity (Wildman–Crippen MR) is 98.1 cm³/mol. The number of ketones is 1. The fourth-order valence-electron chi connectivity index (χ4n) is 3.60. The molecule has 1 saturated carbocycles. The number of carbonyl (C=O) groups is 1. The summed E-state index contributed by atoms with van der Waals surface area (Å²) in [6.45, 7) is 0. The minimum Gasteiger partial charge on any atom is -0.427 e. The van der Waals surface area contributed by atoms with Gasteiger partial charge in [0.15, 0.2) is 5.78 Å². The summed E-state index contributed by atoms with van der Waals surface area (Å²) >= 11 is 5.87. The number of hydrogen-bond acceptors (Lipinski definition) is 4. The second kappa shape index (κ2) is 9.57. The quantitative estimate of drug-likeness (QED) is 0.381. The second-order valence-electron chi connectivity index (χ2n) is 6.91. The maximum absolute atomic E-state index is 12.5. The van der Waals surface area contributed by atoms with Crippen molar-refractivity contribution in [2.75, 3.05) is 0 Å². The molecule has 24 heavy (non-hydrogen) atoms. The number of benzene rings is 1. The molecule has 0 radical (unpaired) electrons. The minimum absolute atomic E-state index is 0.0964. The molecule has 4 N–H and O–H groups in total. The van der Waals surface area contributed by atoms with E-state index in [1.54, 1.807) is 24.3 Å². The smallest absolute Gasteiger partial charge is 0.427 e. The van der Waals surface area contributed by atoms with E-state index in [1.807, 2.05) is 0 Å². The maximum Gasteiger partial charge on any atom is 0.451 e. The number of unbranched alkanes of at least 4 members (excludes halogenated alkanes) is 1. The third kappa shape index (κ3) is 5.89. The molecule has 132 valence electrons. The average molecular weight is 352 g/mol. The molecule has 0 saturated heterocycles. The molecular weight excluding hydrogens is 324 g/mol. The molecule has 0 heterocycles. The van der Waals surface area contributed by atoms with Gasteiger partial charge in [-0.25, -0.2) is 0 Å². The van der Waals surface area contributed by atoms with E-state index in [1.165, 1.54) is 0 Å². The lowest BCUT2D eigenvalue weighted by Crippen LogP contribution is -2.34. The molecule has 1 atom stereocenters. The van der Waals surface area contributed by atoms with Gasteiger partial charge in [-0.05, 0) is 68.6 Å². The number of Topliss-reactive ketones (excluding diaryl/α,β-unsaturated/α-hetero) is 1. The molecule has 0 spiro atoms. The van der Waals surface area contributed by atoms with E-state index in [9.17, 15) is 4.79 Å². The third-order valence-electron chi connectivity index (χ3n) is 5.13. The van der Waals surface area contributed by atoms with Gasteiger partial charge in [0.2, 0.25) is 0 Å². The highest BCUT2D eigenvalue weighted by atomic mass is 35.5. The fourth-order valence-corrected chi connectivity index (χ4v) is 3.73. The Morgan fingerprint density at radius 1 is 1.17 bits per heavy atom. The zero-order valence-electron chi connectivity index (χ0n) is 14.0. The van der Waals surface area contributed by atoms with Crippen LogP contribution in [-0.4, -0.2) is 29.0 Å². The Morgan fingerprint density at radius 3 is 2.38 bits per heavy atom. The van der Waals surface area contributed by atoms with Gasteiger partial charge in [0.1, 0.15) is 0 Å². The van der Waals surface area contributed by atoms with Crippen molar-refractivity contribution < 1.29 is 14.8 Å². The molecule has 6 heteroatoms. The Hall–Kier alpha value is -0.875. The first kappa shape index (κ1) is 19.4. The monoisotopic (exact) mass is 351 g/mol. The van der Waals surface area contributed by atoms with E-state index in [4.69, 9.17) is 27.4 Å². The molecule has 4 nitrogen and oxygen atoms in total. The average Bonchev–Trinajstić information content (AvgIpc) is 2.58. The SMILES string of the molecule is NC(CCCCB(O)O)C1CCC(C(=O)c2ccc(Cl)cc2)CC1. The van der Waals surface area contributed by atoms with E-state index >= 15 is 0 Å². The fraction of sp³-hybridized carbons (Fsp3) is 0.611. The van der Waals surface area contributed by atoms with Gasteiger partial charge in [-0.15, -0.1) is 0 Å². The number of carbonyl (C=O) groups excluding carboxylic acids is 1. The van der Waals surface area contributed by atoms with Gasteiger partial charge in [0, 0.05) is 22.5 Å². The van der Waals surface area contributed by atoms with Crippen LogP contribution < -0.4 is 5.73 Å². The molecule has 0 bridgehead atoms. The van der Waals surface area contributed by atoms with Gasteiger partial charge in [0.25, 0.3) is 0 Å². The van der Waals surface area contributed by atoms with Gasteiger partial charge in [0.05, 0.1) is 0 Å². The largest absolute Gasteiger partial charge is 0.451 e. The first-order valence-electron chi connectivity index (χ1n) is 8.89. The Bertz CT molecular complexity index is 516. The van der Waals surface area contributed by atoms with Crippen molar-refractivity contribution in [1.29, 1.82) is 0 Å². The van der Waals surface area contributed by atoms with Gasteiger partial charge < -0.3 is 15.8 Å². The summed E-state index contributed by atoms with van der Waals surface area (Å²) < 4.78 is 0.